The van der Waals surface area contributed by atoms with Crippen molar-refractivity contribution in [3.63, 3.8) is 0 Å². The molecule has 1 N–H and O–H groups in total. The van der Waals surface area contributed by atoms with Gasteiger partial charge < -0.3 is 5.32 Å². The zero-order valence-corrected chi connectivity index (χ0v) is 7.73. The van der Waals surface area contributed by atoms with Gasteiger partial charge in [0.05, 0.1) is 0 Å². The molecule has 1 aromatic heterocycles. The standard InChI is InChI=1S/C7H7Cl2N3/c8-6-5(4-1-2-10-4)7(9)12-3-11-6/h3-4,10H,1-2H2. The molecule has 1 fully saturated rings. The lowest BCUT2D eigenvalue weighted by molar-refractivity contribution is 0.382. The van der Waals surface area contributed by atoms with Gasteiger partial charge in [-0.15, -0.1) is 0 Å². The third-order valence-electron chi connectivity index (χ3n) is 1.96. The first-order chi connectivity index (χ1) is 5.79. The summed E-state index contributed by atoms with van der Waals surface area (Å²) in [5, 5.41) is 4.10. The second-order valence-electron chi connectivity index (χ2n) is 2.66. The number of halogens is 2. The molecule has 0 aromatic carbocycles. The van der Waals surface area contributed by atoms with Crippen molar-refractivity contribution in [3.8, 4) is 0 Å². The van der Waals surface area contributed by atoms with E-state index in [1.54, 1.807) is 0 Å². The molecule has 0 saturated carbocycles. The predicted molar refractivity (Wildman–Crippen MR) is 47.4 cm³/mol. The molecular formula is C7H7Cl2N3. The fourth-order valence-corrected chi connectivity index (χ4v) is 1.76. The average Bonchev–Trinajstić information content (AvgIpc) is 1.93. The van der Waals surface area contributed by atoms with Crippen LogP contribution >= 0.6 is 23.2 Å². The van der Waals surface area contributed by atoms with Crippen LogP contribution in [0.1, 0.15) is 18.0 Å². The first-order valence-corrected chi connectivity index (χ1v) is 4.44. The molecule has 3 nitrogen and oxygen atoms in total. The predicted octanol–water partition coefficient (Wildman–Crippen LogP) is 1.82. The summed E-state index contributed by atoms with van der Waals surface area (Å²) in [7, 11) is 0. The summed E-state index contributed by atoms with van der Waals surface area (Å²) in [4.78, 5) is 7.75. The lowest BCUT2D eigenvalue weighted by atomic mass is 10.0. The van der Waals surface area contributed by atoms with Crippen molar-refractivity contribution in [1.82, 2.24) is 15.3 Å². The molecule has 12 heavy (non-hydrogen) atoms. The molecular weight excluding hydrogens is 197 g/mol. The molecule has 0 bridgehead atoms. The molecule has 0 amide bonds. The van der Waals surface area contributed by atoms with Crippen LogP contribution in [0, 0.1) is 0 Å². The highest BCUT2D eigenvalue weighted by Crippen LogP contribution is 2.31. The number of aromatic nitrogens is 2. The van der Waals surface area contributed by atoms with Crippen molar-refractivity contribution < 1.29 is 0 Å². The Kier molecular flexibility index (Phi) is 2.17. The summed E-state index contributed by atoms with van der Waals surface area (Å²) >= 11 is 11.7. The van der Waals surface area contributed by atoms with Crippen molar-refractivity contribution >= 4 is 23.2 Å². The van der Waals surface area contributed by atoms with Gasteiger partial charge in [-0.2, -0.15) is 0 Å². The maximum absolute atomic E-state index is 5.86. The quantitative estimate of drug-likeness (QED) is 0.709. The maximum Gasteiger partial charge on any atom is 0.138 e. The summed E-state index contributed by atoms with van der Waals surface area (Å²) in [5.41, 5.74) is 0.826. The van der Waals surface area contributed by atoms with Crippen LogP contribution in [0.4, 0.5) is 0 Å². The smallest absolute Gasteiger partial charge is 0.138 e. The van der Waals surface area contributed by atoms with E-state index in [2.05, 4.69) is 15.3 Å². The van der Waals surface area contributed by atoms with Gasteiger partial charge in [-0.25, -0.2) is 9.97 Å². The largest absolute Gasteiger partial charge is 0.310 e. The van der Waals surface area contributed by atoms with Gasteiger partial charge in [-0.3, -0.25) is 0 Å². The van der Waals surface area contributed by atoms with Crippen LogP contribution < -0.4 is 5.32 Å². The lowest BCUT2D eigenvalue weighted by Gasteiger charge is -2.28. The minimum absolute atomic E-state index is 0.242. The van der Waals surface area contributed by atoms with Crippen LogP contribution in [0.3, 0.4) is 0 Å². The van der Waals surface area contributed by atoms with Crippen LogP contribution in [0.5, 0.6) is 0 Å². The summed E-state index contributed by atoms with van der Waals surface area (Å²) in [5.74, 6) is 0. The molecule has 0 radical (unpaired) electrons. The molecule has 1 aliphatic rings. The second kappa shape index (κ2) is 3.17. The molecule has 0 aliphatic carbocycles. The van der Waals surface area contributed by atoms with Crippen LogP contribution in [0.15, 0.2) is 6.33 Å². The molecule has 1 aliphatic heterocycles. The van der Waals surface area contributed by atoms with Gasteiger partial charge in [0.25, 0.3) is 0 Å². The summed E-state index contributed by atoms with van der Waals surface area (Å²) in [6.45, 7) is 1.01. The fraction of sp³-hybridized carbons (Fsp3) is 0.429. The third kappa shape index (κ3) is 1.28. The number of nitrogens with zero attached hydrogens (tertiary/aromatic N) is 2. The average molecular weight is 204 g/mol. The highest BCUT2D eigenvalue weighted by atomic mass is 35.5. The number of hydrogen-bond donors (Lipinski definition) is 1. The molecule has 2 rings (SSSR count). The number of nitrogens with one attached hydrogen (secondary N) is 1. The van der Waals surface area contributed by atoms with Crippen LogP contribution in [0.2, 0.25) is 10.3 Å². The molecule has 1 saturated heterocycles. The van der Waals surface area contributed by atoms with Crippen molar-refractivity contribution in [3.05, 3.63) is 22.2 Å². The summed E-state index contributed by atoms with van der Waals surface area (Å²) < 4.78 is 0. The maximum atomic E-state index is 5.86. The zero-order chi connectivity index (χ0) is 8.55. The Balaban J connectivity index is 2.39. The van der Waals surface area contributed by atoms with Gasteiger partial charge in [-0.1, -0.05) is 23.2 Å². The van der Waals surface area contributed by atoms with Crippen molar-refractivity contribution in [2.45, 2.75) is 12.5 Å². The highest BCUT2D eigenvalue weighted by Gasteiger charge is 2.24. The molecule has 1 atom stereocenters. The molecule has 5 heteroatoms. The van der Waals surface area contributed by atoms with E-state index in [0.717, 1.165) is 18.5 Å². The van der Waals surface area contributed by atoms with Gasteiger partial charge in [-0.05, 0) is 13.0 Å². The molecule has 2 heterocycles. The monoisotopic (exact) mass is 203 g/mol. The highest BCUT2D eigenvalue weighted by molar-refractivity contribution is 6.34. The third-order valence-corrected chi connectivity index (χ3v) is 2.56. The fourth-order valence-electron chi connectivity index (χ4n) is 1.18. The van der Waals surface area contributed by atoms with Crippen LogP contribution in [0.25, 0.3) is 0 Å². The van der Waals surface area contributed by atoms with E-state index in [0.29, 0.717) is 10.3 Å². The Morgan fingerprint density at radius 2 is 1.92 bits per heavy atom. The first-order valence-electron chi connectivity index (χ1n) is 3.68. The zero-order valence-electron chi connectivity index (χ0n) is 6.22. The Morgan fingerprint density at radius 1 is 1.33 bits per heavy atom. The second-order valence-corrected chi connectivity index (χ2v) is 3.38. The van der Waals surface area contributed by atoms with E-state index in [4.69, 9.17) is 23.2 Å². The summed E-state index contributed by atoms with van der Waals surface area (Å²) in [6, 6.07) is 0.242. The first kappa shape index (κ1) is 8.23. The van der Waals surface area contributed by atoms with Gasteiger partial charge >= 0.3 is 0 Å². The van der Waals surface area contributed by atoms with Gasteiger partial charge in [0.15, 0.2) is 0 Å². The minimum Gasteiger partial charge on any atom is -0.310 e. The van der Waals surface area contributed by atoms with Crippen molar-refractivity contribution in [2.75, 3.05) is 6.54 Å². The van der Waals surface area contributed by atoms with Crippen LogP contribution in [-0.4, -0.2) is 16.5 Å². The van der Waals surface area contributed by atoms with E-state index in [1.165, 1.54) is 6.33 Å². The van der Waals surface area contributed by atoms with Crippen molar-refractivity contribution in [1.29, 1.82) is 0 Å². The minimum atomic E-state index is 0.242. The van der Waals surface area contributed by atoms with Crippen LogP contribution in [-0.2, 0) is 0 Å². The molecule has 1 unspecified atom stereocenters. The Hall–Kier alpha value is -0.380. The van der Waals surface area contributed by atoms with E-state index in [9.17, 15) is 0 Å². The van der Waals surface area contributed by atoms with E-state index < -0.39 is 0 Å². The molecule has 1 aromatic rings. The normalized spacial score (nSPS) is 22.0. The van der Waals surface area contributed by atoms with Gasteiger partial charge in [0.2, 0.25) is 0 Å². The molecule has 64 valence electrons. The van der Waals surface area contributed by atoms with E-state index in [-0.39, 0.29) is 6.04 Å². The number of hydrogen-bond acceptors (Lipinski definition) is 3. The number of rotatable bonds is 1. The van der Waals surface area contributed by atoms with Gasteiger partial charge in [0.1, 0.15) is 16.6 Å². The van der Waals surface area contributed by atoms with Gasteiger partial charge in [0, 0.05) is 11.6 Å². The topological polar surface area (TPSA) is 37.8 Å². The summed E-state index contributed by atoms with van der Waals surface area (Å²) in [6.07, 6.45) is 2.42. The van der Waals surface area contributed by atoms with E-state index >= 15 is 0 Å². The Bertz CT molecular complexity index is 278. The van der Waals surface area contributed by atoms with E-state index in [1.807, 2.05) is 0 Å². The lowest BCUT2D eigenvalue weighted by Crippen LogP contribution is -2.35. The molecule has 0 spiro atoms. The Labute approximate surface area is 80.1 Å². The SMILES string of the molecule is Clc1ncnc(Cl)c1C1CCN1. The Morgan fingerprint density at radius 3 is 2.33 bits per heavy atom. The van der Waals surface area contributed by atoms with Crippen molar-refractivity contribution in [2.24, 2.45) is 0 Å².